The van der Waals surface area contributed by atoms with Crippen LogP contribution in [-0.2, 0) is 14.3 Å². The van der Waals surface area contributed by atoms with E-state index in [0.29, 0.717) is 19.4 Å². The van der Waals surface area contributed by atoms with Gasteiger partial charge in [0.15, 0.2) is 0 Å². The summed E-state index contributed by atoms with van der Waals surface area (Å²) in [6.45, 7) is 0.678. The minimum Gasteiger partial charge on any atom is -0.480 e. The average Bonchev–Trinajstić information content (AvgIpc) is 3.56. The van der Waals surface area contributed by atoms with Crippen LogP contribution in [0.3, 0.4) is 0 Å². The number of carbonyl (C=O) groups is 3. The van der Waals surface area contributed by atoms with Crippen molar-refractivity contribution >= 4 is 18.2 Å². The molecule has 2 N–H and O–H groups in total. The van der Waals surface area contributed by atoms with Crippen molar-refractivity contribution in [1.29, 1.82) is 0 Å². The highest BCUT2D eigenvalue weighted by atomic mass is 16.6. The zero-order valence-electron chi connectivity index (χ0n) is 25.1. The molecule has 0 radical (unpaired) electrons. The van der Waals surface area contributed by atoms with Crippen molar-refractivity contribution < 1.29 is 29.0 Å². The number of carboxylic acids is 1. The Morgan fingerprint density at radius 1 is 0.689 bits per heavy atom. The lowest BCUT2D eigenvalue weighted by Crippen LogP contribution is -2.43. The summed E-state index contributed by atoms with van der Waals surface area (Å²) in [4.78, 5) is 38.6. The second-order valence-electron chi connectivity index (χ2n) is 11.5. The fourth-order valence-corrected chi connectivity index (χ4v) is 6.61. The van der Waals surface area contributed by atoms with Gasteiger partial charge < -0.3 is 19.9 Å². The monoisotopic (exact) mass is 604 g/mol. The van der Waals surface area contributed by atoms with Crippen molar-refractivity contribution in [2.75, 3.05) is 26.8 Å². The smallest absolute Gasteiger partial charge is 0.410 e. The van der Waals surface area contributed by atoms with Crippen LogP contribution in [0.2, 0.25) is 0 Å². The van der Waals surface area contributed by atoms with E-state index in [1.54, 1.807) is 0 Å². The Morgan fingerprint density at radius 3 is 1.56 bits per heavy atom. The van der Waals surface area contributed by atoms with Gasteiger partial charge in [-0.2, -0.15) is 0 Å². The van der Waals surface area contributed by atoms with Gasteiger partial charge in [0.25, 0.3) is 0 Å². The number of hydrogen-bond acceptors (Lipinski definition) is 5. The summed E-state index contributed by atoms with van der Waals surface area (Å²) in [6, 6.07) is 31.4. The van der Waals surface area contributed by atoms with Crippen LogP contribution in [0.1, 0.15) is 53.4 Å². The number of rotatable bonds is 11. The normalized spacial score (nSPS) is 13.6. The number of likely N-dealkylation sites (N-methyl/N-ethyl adjacent to an activating group) is 1. The number of nitrogens with one attached hydrogen (secondary N) is 1. The summed E-state index contributed by atoms with van der Waals surface area (Å²) in [5.41, 5.74) is 9.05. The van der Waals surface area contributed by atoms with Gasteiger partial charge in [0, 0.05) is 25.4 Å². The van der Waals surface area contributed by atoms with E-state index < -0.39 is 24.2 Å². The third-order valence-electron chi connectivity index (χ3n) is 8.89. The highest BCUT2D eigenvalue weighted by molar-refractivity contribution is 5.81. The molecule has 2 aliphatic rings. The molecule has 0 spiro atoms. The van der Waals surface area contributed by atoms with Crippen molar-refractivity contribution in [1.82, 2.24) is 10.2 Å². The molecule has 230 valence electrons. The van der Waals surface area contributed by atoms with Gasteiger partial charge in [-0.25, -0.2) is 14.4 Å². The lowest BCUT2D eigenvalue weighted by atomic mass is 9.98. The second kappa shape index (κ2) is 13.3. The first kappa shape index (κ1) is 29.9. The summed E-state index contributed by atoms with van der Waals surface area (Å²) in [6.07, 6.45) is 0.0553. The molecule has 8 nitrogen and oxygen atoms in total. The first-order chi connectivity index (χ1) is 21.9. The molecule has 0 saturated carbocycles. The van der Waals surface area contributed by atoms with Crippen molar-refractivity contribution in [2.24, 2.45) is 0 Å². The van der Waals surface area contributed by atoms with Gasteiger partial charge in [-0.1, -0.05) is 97.1 Å². The minimum atomic E-state index is -1.10. The zero-order chi connectivity index (χ0) is 31.3. The van der Waals surface area contributed by atoms with Crippen LogP contribution in [0, 0.1) is 0 Å². The number of hydrogen-bond donors (Lipinski definition) is 2. The van der Waals surface area contributed by atoms with E-state index in [4.69, 9.17) is 9.47 Å². The Labute approximate surface area is 262 Å². The fraction of sp³-hybridized carbons (Fsp3) is 0.270. The van der Waals surface area contributed by atoms with E-state index in [0.717, 1.165) is 49.4 Å². The third-order valence-corrected chi connectivity index (χ3v) is 8.89. The van der Waals surface area contributed by atoms with E-state index in [1.807, 2.05) is 60.7 Å². The number of fused-ring (bicyclic) bond motifs is 6. The number of unbranched alkanes of at least 4 members (excludes halogenated alkanes) is 1. The maximum Gasteiger partial charge on any atom is 0.410 e. The van der Waals surface area contributed by atoms with Crippen molar-refractivity contribution in [3.05, 3.63) is 119 Å². The molecule has 0 bridgehead atoms. The van der Waals surface area contributed by atoms with Crippen LogP contribution in [0.25, 0.3) is 22.3 Å². The van der Waals surface area contributed by atoms with Gasteiger partial charge >= 0.3 is 18.2 Å². The molecule has 4 aromatic carbocycles. The summed E-state index contributed by atoms with van der Waals surface area (Å²) in [7, 11) is 1.45. The SMILES string of the molecule is CN(C(=O)OCC1c2ccccc2-c2ccccc21)C(CCCCNC(=O)OCC1c2ccccc2-c2ccccc21)C(=O)O. The predicted octanol–water partition coefficient (Wildman–Crippen LogP) is 7.03. The molecule has 45 heavy (non-hydrogen) atoms. The topological polar surface area (TPSA) is 105 Å². The standard InChI is InChI=1S/C37H36N2O6/c1-39(37(43)45-23-33-30-18-8-4-14-26(30)27-15-5-9-19-31(27)33)34(35(40)41)20-10-11-21-38-36(42)44-22-32-28-16-6-2-12-24(28)25-13-3-7-17-29(25)32/h2-9,12-19,32-34H,10-11,20-23H2,1H3,(H,38,42)(H,40,41). The molecule has 8 heteroatoms. The highest BCUT2D eigenvalue weighted by Gasteiger charge is 2.32. The van der Waals surface area contributed by atoms with Crippen molar-refractivity contribution in [3.8, 4) is 22.3 Å². The minimum absolute atomic E-state index is 0.0204. The summed E-state index contributed by atoms with van der Waals surface area (Å²) in [5, 5.41) is 12.6. The van der Waals surface area contributed by atoms with Gasteiger partial charge in [-0.05, 0) is 63.8 Å². The van der Waals surface area contributed by atoms with Crippen LogP contribution in [0.4, 0.5) is 9.59 Å². The molecule has 0 aliphatic heterocycles. The highest BCUT2D eigenvalue weighted by Crippen LogP contribution is 2.45. The van der Waals surface area contributed by atoms with E-state index >= 15 is 0 Å². The van der Waals surface area contributed by atoms with E-state index in [9.17, 15) is 19.5 Å². The van der Waals surface area contributed by atoms with Crippen molar-refractivity contribution in [3.63, 3.8) is 0 Å². The van der Waals surface area contributed by atoms with Gasteiger partial charge in [-0.3, -0.25) is 4.90 Å². The molecular weight excluding hydrogens is 568 g/mol. The third kappa shape index (κ3) is 6.13. The Morgan fingerprint density at radius 2 is 1.11 bits per heavy atom. The number of ether oxygens (including phenoxy) is 2. The predicted molar refractivity (Wildman–Crippen MR) is 171 cm³/mol. The summed E-state index contributed by atoms with van der Waals surface area (Å²) < 4.78 is 11.2. The maximum atomic E-state index is 12.9. The van der Waals surface area contributed by atoms with E-state index in [1.165, 1.54) is 7.05 Å². The Balaban J connectivity index is 0.948. The van der Waals surface area contributed by atoms with Crippen molar-refractivity contribution in [2.45, 2.75) is 37.1 Å². The quantitative estimate of drug-likeness (QED) is 0.178. The molecule has 0 aromatic heterocycles. The number of carbonyl (C=O) groups excluding carboxylic acids is 2. The van der Waals surface area contributed by atoms with Crippen LogP contribution in [-0.4, -0.2) is 61.0 Å². The van der Waals surface area contributed by atoms with Crippen LogP contribution < -0.4 is 5.32 Å². The van der Waals surface area contributed by atoms with Crippen LogP contribution in [0.5, 0.6) is 0 Å². The second-order valence-corrected chi connectivity index (χ2v) is 11.5. The number of nitrogens with zero attached hydrogens (tertiary/aromatic N) is 1. The summed E-state index contributed by atoms with van der Waals surface area (Å²) in [5.74, 6) is -1.23. The molecule has 2 aliphatic carbocycles. The van der Waals surface area contributed by atoms with E-state index in [-0.39, 0.29) is 31.5 Å². The average molecular weight is 605 g/mol. The number of aliphatic carboxylic acids is 1. The summed E-state index contributed by atoms with van der Waals surface area (Å²) >= 11 is 0. The first-order valence-corrected chi connectivity index (χ1v) is 15.3. The van der Waals surface area contributed by atoms with Crippen LogP contribution in [0.15, 0.2) is 97.1 Å². The van der Waals surface area contributed by atoms with Gasteiger partial charge in [0.2, 0.25) is 0 Å². The maximum absolute atomic E-state index is 12.9. The largest absolute Gasteiger partial charge is 0.480 e. The number of benzene rings is 4. The molecule has 0 saturated heterocycles. The number of carboxylic acid groups (broad SMARTS) is 1. The first-order valence-electron chi connectivity index (χ1n) is 15.3. The number of amides is 2. The molecule has 0 heterocycles. The Bertz CT molecular complexity index is 1630. The van der Waals surface area contributed by atoms with Gasteiger partial charge in [0.05, 0.1) is 0 Å². The van der Waals surface area contributed by atoms with Crippen LogP contribution >= 0.6 is 0 Å². The Kier molecular flexibility index (Phi) is 8.82. The van der Waals surface area contributed by atoms with Gasteiger partial charge in [0.1, 0.15) is 19.3 Å². The molecular formula is C37H36N2O6. The van der Waals surface area contributed by atoms with Gasteiger partial charge in [-0.15, -0.1) is 0 Å². The molecule has 0 fully saturated rings. The molecule has 6 rings (SSSR count). The zero-order valence-corrected chi connectivity index (χ0v) is 25.1. The fourth-order valence-electron chi connectivity index (χ4n) is 6.61. The van der Waals surface area contributed by atoms with E-state index in [2.05, 4.69) is 41.7 Å². The lowest BCUT2D eigenvalue weighted by molar-refractivity contribution is -0.142. The Hall–Kier alpha value is -5.11. The molecule has 4 aromatic rings. The lowest BCUT2D eigenvalue weighted by Gasteiger charge is -2.25. The molecule has 2 amide bonds. The molecule has 1 unspecified atom stereocenters. The molecule has 1 atom stereocenters. The number of alkyl carbamates (subject to hydrolysis) is 1.